The minimum Gasteiger partial charge on any atom is -0.0730 e. The third-order valence-corrected chi connectivity index (χ3v) is 6.65. The third-order valence-electron chi connectivity index (χ3n) is 6.65. The molecule has 2 fully saturated rings. The summed E-state index contributed by atoms with van der Waals surface area (Å²) in [6, 6.07) is 9.08. The Kier molecular flexibility index (Phi) is 7.43. The predicted octanol–water partition coefficient (Wildman–Crippen LogP) is 7.49. The predicted molar refractivity (Wildman–Crippen MR) is 113 cm³/mol. The van der Waals surface area contributed by atoms with E-state index in [0.29, 0.717) is 0 Å². The second-order valence-corrected chi connectivity index (χ2v) is 8.78. The highest BCUT2D eigenvalue weighted by atomic mass is 14.3. The van der Waals surface area contributed by atoms with Crippen molar-refractivity contribution in [1.82, 2.24) is 0 Å². The molecule has 0 aromatic heterocycles. The highest BCUT2D eigenvalue weighted by molar-refractivity contribution is 5.39. The topological polar surface area (TPSA) is 0 Å². The maximum atomic E-state index is 3.31. The van der Waals surface area contributed by atoms with Crippen LogP contribution in [0.25, 0.3) is 0 Å². The van der Waals surface area contributed by atoms with Gasteiger partial charge in [0, 0.05) is 5.56 Å². The van der Waals surface area contributed by atoms with Crippen LogP contribution < -0.4 is 0 Å². The van der Waals surface area contributed by atoms with Crippen LogP contribution in [0.1, 0.15) is 95.1 Å². The van der Waals surface area contributed by atoms with Gasteiger partial charge in [-0.1, -0.05) is 69.6 Å². The van der Waals surface area contributed by atoms with Crippen LogP contribution in [0.2, 0.25) is 0 Å². The van der Waals surface area contributed by atoms with Crippen LogP contribution in [0.3, 0.4) is 0 Å². The fourth-order valence-corrected chi connectivity index (χ4v) is 4.82. The number of hydrogen-bond donors (Lipinski definition) is 0. The van der Waals surface area contributed by atoms with E-state index in [2.05, 4.69) is 62.1 Å². The van der Waals surface area contributed by atoms with E-state index < -0.39 is 0 Å². The normalized spacial score (nSPS) is 29.3. The Hall–Kier alpha value is -1.48. The zero-order valence-corrected chi connectivity index (χ0v) is 16.8. The Morgan fingerprint density at radius 3 is 2.27 bits per heavy atom. The molecule has 0 nitrogen and oxygen atoms in total. The highest BCUT2D eigenvalue weighted by Gasteiger charge is 2.21. The molecule has 1 aromatic carbocycles. The van der Waals surface area contributed by atoms with Crippen LogP contribution in [-0.4, -0.2) is 0 Å². The van der Waals surface area contributed by atoms with Crippen LogP contribution in [0.5, 0.6) is 0 Å². The molecule has 0 bridgehead atoms. The van der Waals surface area contributed by atoms with E-state index in [-0.39, 0.29) is 0 Å². The number of allylic oxidation sites excluding steroid dienone is 2. The molecule has 0 aliphatic heterocycles. The van der Waals surface area contributed by atoms with Gasteiger partial charge < -0.3 is 0 Å². The maximum absolute atomic E-state index is 3.31. The van der Waals surface area contributed by atoms with Crippen LogP contribution >= 0.6 is 0 Å². The van der Waals surface area contributed by atoms with Crippen molar-refractivity contribution in [3.05, 3.63) is 47.5 Å². The first-order valence-electron chi connectivity index (χ1n) is 11.0. The van der Waals surface area contributed by atoms with E-state index in [9.17, 15) is 0 Å². The van der Waals surface area contributed by atoms with Crippen molar-refractivity contribution in [3.8, 4) is 11.8 Å². The molecule has 140 valence electrons. The van der Waals surface area contributed by atoms with Crippen molar-refractivity contribution >= 4 is 0 Å². The van der Waals surface area contributed by atoms with Gasteiger partial charge in [0.1, 0.15) is 0 Å². The Labute approximate surface area is 161 Å². The minimum atomic E-state index is 0.755. The lowest BCUT2D eigenvalue weighted by Gasteiger charge is -2.28. The van der Waals surface area contributed by atoms with Gasteiger partial charge in [0.2, 0.25) is 0 Å². The molecule has 3 rings (SSSR count). The van der Waals surface area contributed by atoms with Crippen molar-refractivity contribution < 1.29 is 0 Å². The summed E-state index contributed by atoms with van der Waals surface area (Å²) in [6.07, 6.45) is 18.2. The van der Waals surface area contributed by atoms with E-state index in [1.165, 1.54) is 69.8 Å². The molecule has 2 aliphatic carbocycles. The van der Waals surface area contributed by atoms with Gasteiger partial charge >= 0.3 is 0 Å². The summed E-state index contributed by atoms with van der Waals surface area (Å²) in [5, 5.41) is 0. The molecule has 0 heterocycles. The lowest BCUT2D eigenvalue weighted by atomic mass is 9.77. The molecule has 0 spiro atoms. The van der Waals surface area contributed by atoms with Crippen molar-refractivity contribution in [3.63, 3.8) is 0 Å². The Morgan fingerprint density at radius 1 is 0.923 bits per heavy atom. The molecule has 0 atom stereocenters. The molecule has 26 heavy (non-hydrogen) atoms. The van der Waals surface area contributed by atoms with Crippen LogP contribution in [0.15, 0.2) is 36.4 Å². The molecule has 0 radical (unpaired) electrons. The smallest absolute Gasteiger partial charge is 0.0249 e. The first-order chi connectivity index (χ1) is 12.7. The summed E-state index contributed by atoms with van der Waals surface area (Å²) >= 11 is 0. The monoisotopic (exact) mass is 348 g/mol. The van der Waals surface area contributed by atoms with E-state index in [1.54, 1.807) is 0 Å². The van der Waals surface area contributed by atoms with E-state index in [0.717, 1.165) is 29.2 Å². The zero-order valence-electron chi connectivity index (χ0n) is 16.8. The largest absolute Gasteiger partial charge is 0.0730 e. The number of benzene rings is 1. The van der Waals surface area contributed by atoms with E-state index in [4.69, 9.17) is 0 Å². The molecular weight excluding hydrogens is 312 g/mol. The number of rotatable bonds is 4. The quantitative estimate of drug-likeness (QED) is 0.494. The Morgan fingerprint density at radius 2 is 1.62 bits per heavy atom. The SMILES string of the molecule is CCCC1CCC(c2ccc(C#C/C=C/C3CCC(C)CC3)cc2)CC1. The second-order valence-electron chi connectivity index (χ2n) is 8.78. The van der Waals surface area contributed by atoms with Gasteiger partial charge in [0.25, 0.3) is 0 Å². The molecule has 2 aliphatic rings. The maximum Gasteiger partial charge on any atom is 0.0249 e. The summed E-state index contributed by atoms with van der Waals surface area (Å²) in [5.41, 5.74) is 2.67. The second kappa shape index (κ2) is 10.0. The summed E-state index contributed by atoms with van der Waals surface area (Å²) in [6.45, 7) is 4.69. The van der Waals surface area contributed by atoms with Gasteiger partial charge in [-0.3, -0.25) is 0 Å². The lowest BCUT2D eigenvalue weighted by Crippen LogP contribution is -2.13. The molecule has 0 unspecified atom stereocenters. The lowest BCUT2D eigenvalue weighted by molar-refractivity contribution is 0.308. The zero-order chi connectivity index (χ0) is 18.2. The van der Waals surface area contributed by atoms with Gasteiger partial charge in [-0.15, -0.1) is 0 Å². The van der Waals surface area contributed by atoms with Crippen molar-refractivity contribution in [2.24, 2.45) is 17.8 Å². The van der Waals surface area contributed by atoms with Gasteiger partial charge in [-0.2, -0.15) is 0 Å². The summed E-state index contributed by atoms with van der Waals surface area (Å²) in [5.74, 6) is 10.00. The number of hydrogen-bond acceptors (Lipinski definition) is 0. The molecule has 0 N–H and O–H groups in total. The van der Waals surface area contributed by atoms with Crippen molar-refractivity contribution in [2.45, 2.75) is 84.0 Å². The molecule has 0 saturated heterocycles. The Bertz CT molecular complexity index is 608. The van der Waals surface area contributed by atoms with Gasteiger partial charge in [0.15, 0.2) is 0 Å². The van der Waals surface area contributed by atoms with Gasteiger partial charge in [-0.25, -0.2) is 0 Å². The third kappa shape index (κ3) is 5.77. The first-order valence-corrected chi connectivity index (χ1v) is 11.0. The summed E-state index contributed by atoms with van der Waals surface area (Å²) in [4.78, 5) is 0. The molecule has 0 amide bonds. The molecule has 1 aromatic rings. The van der Waals surface area contributed by atoms with Crippen molar-refractivity contribution in [1.29, 1.82) is 0 Å². The van der Waals surface area contributed by atoms with Crippen molar-refractivity contribution in [2.75, 3.05) is 0 Å². The van der Waals surface area contributed by atoms with E-state index in [1.807, 2.05) is 0 Å². The first kappa shape index (κ1) is 19.3. The van der Waals surface area contributed by atoms with Gasteiger partial charge in [-0.05, 0) is 86.0 Å². The fourth-order valence-electron chi connectivity index (χ4n) is 4.82. The summed E-state index contributed by atoms with van der Waals surface area (Å²) < 4.78 is 0. The van der Waals surface area contributed by atoms with Crippen LogP contribution in [0, 0.1) is 29.6 Å². The highest BCUT2D eigenvalue weighted by Crippen LogP contribution is 2.37. The average Bonchev–Trinajstić information content (AvgIpc) is 2.68. The van der Waals surface area contributed by atoms with Crippen LogP contribution in [-0.2, 0) is 0 Å². The standard InChI is InChI=1S/C26H36/c1-3-6-22-13-17-25(18-14-22)26-19-15-24(16-20-26)8-5-4-7-23-11-9-21(2)10-12-23/h4,7,15-16,19-23,25H,3,6,9-14,17-18H2,1-2H3/b7-4+. The average molecular weight is 349 g/mol. The van der Waals surface area contributed by atoms with Crippen LogP contribution in [0.4, 0.5) is 0 Å². The van der Waals surface area contributed by atoms with Gasteiger partial charge in [0.05, 0.1) is 0 Å². The fraction of sp³-hybridized carbons (Fsp3) is 0.615. The van der Waals surface area contributed by atoms with E-state index >= 15 is 0 Å². The Balaban J connectivity index is 1.48. The molecule has 0 heteroatoms. The molecule has 2 saturated carbocycles. The molecular formula is C26H36. The minimum absolute atomic E-state index is 0.755. The summed E-state index contributed by atoms with van der Waals surface area (Å²) in [7, 11) is 0.